The van der Waals surface area contributed by atoms with Crippen LogP contribution < -0.4 is 0 Å². The summed E-state index contributed by atoms with van der Waals surface area (Å²) in [5, 5.41) is 11.4. The predicted molar refractivity (Wildman–Crippen MR) is 204 cm³/mol. The van der Waals surface area contributed by atoms with Crippen molar-refractivity contribution in [3.8, 4) is 28.3 Å². The smallest absolute Gasteiger partial charge is 0.160 e. The van der Waals surface area contributed by atoms with Gasteiger partial charge in [-0.25, -0.2) is 9.97 Å². The lowest BCUT2D eigenvalue weighted by Crippen LogP contribution is -1.96. The van der Waals surface area contributed by atoms with Gasteiger partial charge in [-0.05, 0) is 70.1 Å². The maximum absolute atomic E-state index is 5.12. The lowest BCUT2D eigenvalue weighted by Gasteiger charge is -2.12. The Bertz CT molecular complexity index is 2960. The molecule has 0 bridgehead atoms. The Morgan fingerprint density at radius 1 is 0.438 bits per heavy atom. The zero-order valence-electron chi connectivity index (χ0n) is 25.7. The van der Waals surface area contributed by atoms with E-state index < -0.39 is 0 Å². The van der Waals surface area contributed by atoms with Crippen LogP contribution in [0.3, 0.4) is 0 Å². The van der Waals surface area contributed by atoms with Crippen LogP contribution in [0.2, 0.25) is 0 Å². The zero-order valence-corrected chi connectivity index (χ0v) is 26.5. The van der Waals surface area contributed by atoms with Crippen molar-refractivity contribution in [2.45, 2.75) is 0 Å². The quantitative estimate of drug-likeness (QED) is 0.195. The summed E-state index contributed by atoms with van der Waals surface area (Å²) >= 11 is 1.89. The second-order valence-corrected chi connectivity index (χ2v) is 13.7. The van der Waals surface area contributed by atoms with Crippen molar-refractivity contribution in [1.82, 2.24) is 14.5 Å². The van der Waals surface area contributed by atoms with Gasteiger partial charge in [0.25, 0.3) is 0 Å². The number of rotatable bonds is 3. The maximum atomic E-state index is 5.12. The number of hydrogen-bond acceptors (Lipinski definition) is 3. The van der Waals surface area contributed by atoms with Crippen LogP contribution in [0.15, 0.2) is 152 Å². The molecule has 0 aliphatic rings. The normalized spacial score (nSPS) is 12.2. The van der Waals surface area contributed by atoms with Crippen LogP contribution in [0, 0.1) is 0 Å². The summed E-state index contributed by atoms with van der Waals surface area (Å²) < 4.78 is 5.09. The van der Waals surface area contributed by atoms with E-state index in [0.29, 0.717) is 0 Å². The third-order valence-electron chi connectivity index (χ3n) is 9.91. The topological polar surface area (TPSA) is 30.7 Å². The number of hydrogen-bond donors (Lipinski definition) is 0. The van der Waals surface area contributed by atoms with E-state index in [-0.39, 0.29) is 0 Å². The Balaban J connectivity index is 1.12. The first-order valence-electron chi connectivity index (χ1n) is 16.2. The highest BCUT2D eigenvalue weighted by atomic mass is 32.1. The maximum Gasteiger partial charge on any atom is 0.160 e. The highest BCUT2D eigenvalue weighted by Crippen LogP contribution is 2.46. The lowest BCUT2D eigenvalue weighted by atomic mass is 10.00. The second kappa shape index (κ2) is 9.71. The molecule has 0 aliphatic carbocycles. The molecular formula is C44H25N3S. The van der Waals surface area contributed by atoms with Crippen molar-refractivity contribution in [3.63, 3.8) is 0 Å². The molecule has 11 aromatic rings. The van der Waals surface area contributed by atoms with E-state index in [9.17, 15) is 0 Å². The number of aromatic nitrogens is 3. The average Bonchev–Trinajstić information content (AvgIpc) is 3.40. The van der Waals surface area contributed by atoms with Crippen molar-refractivity contribution in [2.75, 3.05) is 0 Å². The third kappa shape index (κ3) is 3.63. The molecule has 0 atom stereocenters. The van der Waals surface area contributed by atoms with Crippen molar-refractivity contribution < 1.29 is 0 Å². The summed E-state index contributed by atoms with van der Waals surface area (Å²) in [6.45, 7) is 0. The summed E-state index contributed by atoms with van der Waals surface area (Å²) in [7, 11) is 0. The van der Waals surface area contributed by atoms with Crippen LogP contribution in [0.25, 0.3) is 103 Å². The Labute approximate surface area is 279 Å². The molecule has 0 spiro atoms. The molecule has 0 radical (unpaired) electrons. The molecule has 3 heterocycles. The minimum Gasteiger partial charge on any atom is -0.309 e. The fourth-order valence-corrected chi connectivity index (χ4v) is 8.95. The Morgan fingerprint density at radius 2 is 1.08 bits per heavy atom. The first kappa shape index (κ1) is 26.0. The molecule has 0 saturated carbocycles. The van der Waals surface area contributed by atoms with Gasteiger partial charge in [-0.1, -0.05) is 103 Å². The van der Waals surface area contributed by atoms with E-state index in [0.717, 1.165) is 44.6 Å². The van der Waals surface area contributed by atoms with Crippen molar-refractivity contribution in [2.24, 2.45) is 0 Å². The van der Waals surface area contributed by atoms with Gasteiger partial charge < -0.3 is 4.57 Å². The third-order valence-corrected chi connectivity index (χ3v) is 11.0. The van der Waals surface area contributed by atoms with Gasteiger partial charge in [0.2, 0.25) is 0 Å². The molecule has 0 fully saturated rings. The minimum atomic E-state index is 0.735. The number of para-hydroxylation sites is 1. The van der Waals surface area contributed by atoms with Crippen LogP contribution in [0.1, 0.15) is 0 Å². The van der Waals surface area contributed by atoms with Crippen LogP contribution in [0.5, 0.6) is 0 Å². The molecule has 0 amide bonds. The Morgan fingerprint density at radius 3 is 1.83 bits per heavy atom. The first-order valence-corrected chi connectivity index (χ1v) is 17.1. The van der Waals surface area contributed by atoms with Crippen molar-refractivity contribution in [3.05, 3.63) is 152 Å². The summed E-state index contributed by atoms with van der Waals surface area (Å²) in [5.41, 5.74) is 7.63. The van der Waals surface area contributed by atoms with E-state index in [1.54, 1.807) is 0 Å². The largest absolute Gasteiger partial charge is 0.309 e. The standard InChI is InChI=1S/C44H25N3S/c1-2-8-28(9-3-1)43-33-12-4-5-13-34(33)45-44(46-43)31-17-16-30-25-32(21-18-29(30)24-31)47-35-22-19-26-10-6-14-37-39(26)41(35)42-36(47)23-20-27-11-7-15-38(48-37)40(27)42/h1-25H. The monoisotopic (exact) mass is 627 g/mol. The van der Waals surface area contributed by atoms with Crippen LogP contribution >= 0.6 is 11.3 Å². The molecule has 3 aromatic heterocycles. The van der Waals surface area contributed by atoms with Crippen LogP contribution in [-0.2, 0) is 0 Å². The molecule has 48 heavy (non-hydrogen) atoms. The fraction of sp³-hybridized carbons (Fsp3) is 0. The minimum absolute atomic E-state index is 0.735. The first-order chi connectivity index (χ1) is 23.8. The van der Waals surface area contributed by atoms with E-state index in [4.69, 9.17) is 9.97 Å². The fourth-order valence-electron chi connectivity index (χ4n) is 7.78. The average molecular weight is 628 g/mol. The van der Waals surface area contributed by atoms with Gasteiger partial charge in [0.15, 0.2) is 5.82 Å². The molecule has 0 aliphatic heterocycles. The van der Waals surface area contributed by atoms with Crippen molar-refractivity contribution >= 4 is 85.8 Å². The Kier molecular flexibility index (Phi) is 5.26. The van der Waals surface area contributed by atoms with Gasteiger partial charge in [-0.3, -0.25) is 0 Å². The van der Waals surface area contributed by atoms with Crippen LogP contribution in [-0.4, -0.2) is 14.5 Å². The molecule has 0 N–H and O–H groups in total. The molecule has 0 saturated heterocycles. The highest BCUT2D eigenvalue weighted by Gasteiger charge is 2.21. The summed E-state index contributed by atoms with van der Waals surface area (Å²) in [6.07, 6.45) is 0. The molecule has 8 aromatic carbocycles. The molecule has 11 rings (SSSR count). The van der Waals surface area contributed by atoms with Gasteiger partial charge in [0.05, 0.1) is 22.2 Å². The van der Waals surface area contributed by atoms with Gasteiger partial charge in [0.1, 0.15) is 0 Å². The van der Waals surface area contributed by atoms with Gasteiger partial charge in [0, 0.05) is 53.1 Å². The number of nitrogens with zero attached hydrogens (tertiary/aromatic N) is 3. The molecule has 3 nitrogen and oxygen atoms in total. The molecular weight excluding hydrogens is 603 g/mol. The number of benzene rings is 8. The summed E-state index contributed by atoms with van der Waals surface area (Å²) in [4.78, 5) is 10.1. The number of fused-ring (bicyclic) bond motifs is 2. The lowest BCUT2D eigenvalue weighted by molar-refractivity contribution is 1.19. The SMILES string of the molecule is c1ccc(-c2nc(-c3ccc4cc(-n5c6ccc7cccc8sc9cccc%10ccc5c(c%109)c6c78)ccc4c3)nc3ccccc23)cc1. The summed E-state index contributed by atoms with van der Waals surface area (Å²) in [6, 6.07) is 54.7. The molecule has 4 heteroatoms. The van der Waals surface area contributed by atoms with E-state index in [1.807, 2.05) is 23.5 Å². The summed E-state index contributed by atoms with van der Waals surface area (Å²) in [5.74, 6) is 0.735. The van der Waals surface area contributed by atoms with Crippen molar-refractivity contribution in [1.29, 1.82) is 0 Å². The second-order valence-electron chi connectivity index (χ2n) is 12.6. The predicted octanol–water partition coefficient (Wildman–Crippen LogP) is 12.2. The molecule has 222 valence electrons. The zero-order chi connectivity index (χ0) is 31.3. The van der Waals surface area contributed by atoms with E-state index in [2.05, 4.69) is 144 Å². The van der Waals surface area contributed by atoms with Gasteiger partial charge >= 0.3 is 0 Å². The van der Waals surface area contributed by atoms with E-state index >= 15 is 0 Å². The van der Waals surface area contributed by atoms with E-state index in [1.165, 1.54) is 58.1 Å². The Hall–Kier alpha value is -6.10. The van der Waals surface area contributed by atoms with Crippen LogP contribution in [0.4, 0.5) is 0 Å². The van der Waals surface area contributed by atoms with Gasteiger partial charge in [-0.2, -0.15) is 0 Å². The molecule has 0 unspecified atom stereocenters. The highest BCUT2D eigenvalue weighted by molar-refractivity contribution is 7.24. The van der Waals surface area contributed by atoms with Gasteiger partial charge in [-0.15, -0.1) is 11.3 Å².